The van der Waals surface area contributed by atoms with E-state index >= 15 is 0 Å². The molecule has 0 aromatic carbocycles. The van der Waals surface area contributed by atoms with Crippen LogP contribution in [0.25, 0.3) is 0 Å². The third kappa shape index (κ3) is 1.25. The second-order valence-electron chi connectivity index (χ2n) is 2.61. The molecule has 58 valence electrons. The van der Waals surface area contributed by atoms with Crippen molar-refractivity contribution in [2.45, 2.75) is 24.3 Å². The number of halogens is 1. The number of esters is 1. The standard InChI is InChI=1S/C6H9ClO3/c1-6(7)2-4(3-8)10-5(6)9/h4,8H,2-3H2,1H3. The number of carbonyl (C=O) groups excluding carboxylic acids is 1. The monoisotopic (exact) mass is 164 g/mol. The van der Waals surface area contributed by atoms with Gasteiger partial charge in [0.2, 0.25) is 0 Å². The first-order valence-electron chi connectivity index (χ1n) is 3.07. The van der Waals surface area contributed by atoms with Crippen LogP contribution in [0.3, 0.4) is 0 Å². The molecule has 0 bridgehead atoms. The van der Waals surface area contributed by atoms with Crippen LogP contribution in [0.4, 0.5) is 0 Å². The maximum absolute atomic E-state index is 10.8. The van der Waals surface area contributed by atoms with Gasteiger partial charge in [-0.05, 0) is 6.92 Å². The minimum Gasteiger partial charge on any atom is -0.459 e. The van der Waals surface area contributed by atoms with E-state index in [-0.39, 0.29) is 6.61 Å². The van der Waals surface area contributed by atoms with Crippen LogP contribution in [0.15, 0.2) is 0 Å². The molecule has 10 heavy (non-hydrogen) atoms. The fourth-order valence-electron chi connectivity index (χ4n) is 0.929. The van der Waals surface area contributed by atoms with Gasteiger partial charge in [-0.3, -0.25) is 4.79 Å². The molecule has 4 heteroatoms. The van der Waals surface area contributed by atoms with Gasteiger partial charge in [0, 0.05) is 6.42 Å². The number of ether oxygens (including phenoxy) is 1. The highest BCUT2D eigenvalue weighted by Crippen LogP contribution is 2.30. The van der Waals surface area contributed by atoms with Crippen molar-refractivity contribution in [3.05, 3.63) is 0 Å². The normalized spacial score (nSPS) is 39.9. The Morgan fingerprint density at radius 2 is 2.60 bits per heavy atom. The molecule has 0 amide bonds. The predicted octanol–water partition coefficient (Wildman–Crippen LogP) is 0.292. The molecule has 2 atom stereocenters. The topological polar surface area (TPSA) is 46.5 Å². The molecular weight excluding hydrogens is 156 g/mol. The van der Waals surface area contributed by atoms with E-state index in [0.29, 0.717) is 6.42 Å². The van der Waals surface area contributed by atoms with E-state index in [4.69, 9.17) is 21.4 Å². The molecule has 0 aromatic rings. The number of carbonyl (C=O) groups is 1. The Kier molecular flexibility index (Phi) is 1.88. The summed E-state index contributed by atoms with van der Waals surface area (Å²) in [6.45, 7) is 1.45. The number of aliphatic hydroxyl groups excluding tert-OH is 1. The van der Waals surface area contributed by atoms with E-state index in [2.05, 4.69) is 0 Å². The first kappa shape index (κ1) is 7.82. The van der Waals surface area contributed by atoms with Gasteiger partial charge in [0.1, 0.15) is 11.0 Å². The second kappa shape index (κ2) is 2.40. The second-order valence-corrected chi connectivity index (χ2v) is 3.45. The van der Waals surface area contributed by atoms with Crippen LogP contribution >= 0.6 is 11.6 Å². The Labute approximate surface area is 63.9 Å². The molecule has 0 aliphatic carbocycles. The van der Waals surface area contributed by atoms with E-state index < -0.39 is 16.9 Å². The van der Waals surface area contributed by atoms with Crippen molar-refractivity contribution >= 4 is 17.6 Å². The predicted molar refractivity (Wildman–Crippen MR) is 35.8 cm³/mol. The van der Waals surface area contributed by atoms with Crippen LogP contribution in [0.5, 0.6) is 0 Å². The number of alkyl halides is 1. The molecule has 1 saturated heterocycles. The summed E-state index contributed by atoms with van der Waals surface area (Å²) in [4.78, 5) is 9.88. The molecule has 1 rings (SSSR count). The average molecular weight is 165 g/mol. The fraction of sp³-hybridized carbons (Fsp3) is 0.833. The molecule has 1 heterocycles. The number of hydrogen-bond acceptors (Lipinski definition) is 3. The van der Waals surface area contributed by atoms with E-state index in [1.54, 1.807) is 6.92 Å². The van der Waals surface area contributed by atoms with Crippen molar-refractivity contribution in [1.29, 1.82) is 0 Å². The maximum Gasteiger partial charge on any atom is 0.327 e. The third-order valence-corrected chi connectivity index (χ3v) is 1.82. The van der Waals surface area contributed by atoms with Crippen molar-refractivity contribution in [2.75, 3.05) is 6.61 Å². The average Bonchev–Trinajstić information content (AvgIpc) is 2.08. The lowest BCUT2D eigenvalue weighted by atomic mass is 10.1. The summed E-state index contributed by atoms with van der Waals surface area (Å²) >= 11 is 5.71. The molecule has 3 nitrogen and oxygen atoms in total. The Morgan fingerprint density at radius 1 is 2.00 bits per heavy atom. The van der Waals surface area contributed by atoms with E-state index in [9.17, 15) is 4.79 Å². The van der Waals surface area contributed by atoms with Crippen LogP contribution in [-0.4, -0.2) is 28.7 Å². The van der Waals surface area contributed by atoms with Gasteiger partial charge in [0.25, 0.3) is 0 Å². The summed E-state index contributed by atoms with van der Waals surface area (Å²) in [6.07, 6.45) is -0.0147. The Morgan fingerprint density at radius 3 is 2.80 bits per heavy atom. The van der Waals surface area contributed by atoms with Crippen LogP contribution in [0.1, 0.15) is 13.3 Å². The van der Waals surface area contributed by atoms with Crippen molar-refractivity contribution < 1.29 is 14.6 Å². The van der Waals surface area contributed by atoms with Crippen LogP contribution in [0.2, 0.25) is 0 Å². The summed E-state index contributed by atoms with van der Waals surface area (Å²) in [5, 5.41) is 8.58. The summed E-state index contributed by atoms with van der Waals surface area (Å²) < 4.78 is 4.70. The van der Waals surface area contributed by atoms with Crippen molar-refractivity contribution in [2.24, 2.45) is 0 Å². The molecule has 0 spiro atoms. The van der Waals surface area contributed by atoms with Crippen molar-refractivity contribution in [1.82, 2.24) is 0 Å². The molecule has 1 N–H and O–H groups in total. The molecule has 1 aliphatic rings. The smallest absolute Gasteiger partial charge is 0.327 e. The van der Waals surface area contributed by atoms with Crippen molar-refractivity contribution in [3.8, 4) is 0 Å². The Balaban J connectivity index is 2.62. The van der Waals surface area contributed by atoms with Crippen LogP contribution in [0, 0.1) is 0 Å². The van der Waals surface area contributed by atoms with E-state index in [0.717, 1.165) is 0 Å². The maximum atomic E-state index is 10.8. The number of cyclic esters (lactones) is 1. The molecule has 0 radical (unpaired) electrons. The minimum atomic E-state index is -0.923. The van der Waals surface area contributed by atoms with Crippen molar-refractivity contribution in [3.63, 3.8) is 0 Å². The van der Waals surface area contributed by atoms with Gasteiger partial charge in [-0.2, -0.15) is 0 Å². The minimum absolute atomic E-state index is 0.145. The Hall–Kier alpha value is -0.280. The van der Waals surface area contributed by atoms with Gasteiger partial charge in [-0.1, -0.05) is 0 Å². The van der Waals surface area contributed by atoms with E-state index in [1.165, 1.54) is 0 Å². The Bertz CT molecular complexity index is 155. The zero-order valence-corrected chi connectivity index (χ0v) is 6.39. The first-order valence-corrected chi connectivity index (χ1v) is 3.45. The quantitative estimate of drug-likeness (QED) is 0.448. The number of hydrogen-bond donors (Lipinski definition) is 1. The number of rotatable bonds is 1. The molecular formula is C6H9ClO3. The van der Waals surface area contributed by atoms with Crippen LogP contribution < -0.4 is 0 Å². The van der Waals surface area contributed by atoms with E-state index in [1.807, 2.05) is 0 Å². The van der Waals surface area contributed by atoms with Gasteiger partial charge in [0.15, 0.2) is 0 Å². The van der Waals surface area contributed by atoms with Gasteiger partial charge >= 0.3 is 5.97 Å². The van der Waals surface area contributed by atoms with Crippen LogP contribution in [-0.2, 0) is 9.53 Å². The fourth-order valence-corrected chi connectivity index (χ4v) is 1.15. The highest BCUT2D eigenvalue weighted by Gasteiger charge is 2.43. The molecule has 1 fully saturated rings. The molecule has 0 aromatic heterocycles. The molecule has 1 aliphatic heterocycles. The van der Waals surface area contributed by atoms with Gasteiger partial charge in [0.05, 0.1) is 6.61 Å². The molecule has 0 saturated carbocycles. The largest absolute Gasteiger partial charge is 0.459 e. The highest BCUT2D eigenvalue weighted by molar-refractivity contribution is 6.34. The zero-order chi connectivity index (χ0) is 7.78. The molecule has 2 unspecified atom stereocenters. The summed E-state index contributed by atoms with van der Waals surface area (Å²) in [6, 6.07) is 0. The lowest BCUT2D eigenvalue weighted by Crippen LogP contribution is -2.22. The SMILES string of the molecule is CC1(Cl)CC(CO)OC1=O. The summed E-state index contributed by atoms with van der Waals surface area (Å²) in [7, 11) is 0. The lowest BCUT2D eigenvalue weighted by Gasteiger charge is -2.05. The van der Waals surface area contributed by atoms with Gasteiger partial charge in [-0.25, -0.2) is 0 Å². The summed E-state index contributed by atoms with van der Waals surface area (Å²) in [5.41, 5.74) is 0. The van der Waals surface area contributed by atoms with Gasteiger partial charge in [-0.15, -0.1) is 11.6 Å². The van der Waals surface area contributed by atoms with Gasteiger partial charge < -0.3 is 9.84 Å². The zero-order valence-electron chi connectivity index (χ0n) is 5.63. The lowest BCUT2D eigenvalue weighted by molar-refractivity contribution is -0.144. The summed E-state index contributed by atoms with van der Waals surface area (Å²) in [5.74, 6) is -0.437. The highest BCUT2D eigenvalue weighted by atomic mass is 35.5. The number of aliphatic hydroxyl groups is 1. The third-order valence-electron chi connectivity index (χ3n) is 1.51. The first-order chi connectivity index (χ1) is 4.56.